The molecule has 0 heterocycles. The first kappa shape index (κ1) is 15.4. The Morgan fingerprint density at radius 1 is 1.44 bits per heavy atom. The number of rotatable bonds is 7. The summed E-state index contributed by atoms with van der Waals surface area (Å²) in [4.78, 5) is 13.9. The molecule has 0 aromatic rings. The van der Waals surface area contributed by atoms with E-state index in [1.807, 2.05) is 0 Å². The molecule has 1 N–H and O–H groups in total. The predicted molar refractivity (Wildman–Crippen MR) is 71.7 cm³/mol. The van der Waals surface area contributed by atoms with Crippen LogP contribution >= 0.6 is 0 Å². The largest absolute Gasteiger partial charge is 0.481 e. The maximum Gasteiger partial charge on any atom is 0.310 e. The van der Waals surface area contributed by atoms with E-state index in [-0.39, 0.29) is 0 Å². The summed E-state index contributed by atoms with van der Waals surface area (Å²) in [7, 11) is 1.68. The lowest BCUT2D eigenvalue weighted by molar-refractivity contribution is -0.153. The Kier molecular flexibility index (Phi) is 6.09. The van der Waals surface area contributed by atoms with Gasteiger partial charge in [-0.25, -0.2) is 0 Å². The van der Waals surface area contributed by atoms with E-state index in [1.165, 1.54) is 0 Å². The second-order valence-corrected chi connectivity index (χ2v) is 5.63. The molecule has 1 fully saturated rings. The zero-order chi connectivity index (χ0) is 13.6. The van der Waals surface area contributed by atoms with Crippen LogP contribution < -0.4 is 0 Å². The highest BCUT2D eigenvalue weighted by molar-refractivity contribution is 5.75. The molecule has 106 valence electrons. The van der Waals surface area contributed by atoms with Crippen molar-refractivity contribution in [3.05, 3.63) is 0 Å². The van der Waals surface area contributed by atoms with Crippen LogP contribution in [0.25, 0.3) is 0 Å². The highest BCUT2D eigenvalue weighted by atomic mass is 16.5. The Hall–Kier alpha value is -0.610. The first-order valence-electron chi connectivity index (χ1n) is 6.98. The third kappa shape index (κ3) is 3.95. The summed E-state index contributed by atoms with van der Waals surface area (Å²) >= 11 is 0. The van der Waals surface area contributed by atoms with Crippen LogP contribution in [0.15, 0.2) is 0 Å². The van der Waals surface area contributed by atoms with Crippen molar-refractivity contribution in [3.8, 4) is 0 Å². The molecule has 0 aliphatic heterocycles. The fourth-order valence-electron chi connectivity index (χ4n) is 2.75. The third-order valence-corrected chi connectivity index (χ3v) is 4.27. The number of hydrogen-bond acceptors (Lipinski definition) is 3. The van der Waals surface area contributed by atoms with Crippen molar-refractivity contribution in [2.24, 2.45) is 11.3 Å². The Balaban J connectivity index is 2.64. The van der Waals surface area contributed by atoms with Crippen molar-refractivity contribution in [2.75, 3.05) is 33.4 Å². The van der Waals surface area contributed by atoms with Crippen LogP contribution in [-0.2, 0) is 9.53 Å². The highest BCUT2D eigenvalue weighted by Crippen LogP contribution is 2.39. The number of hydrogen-bond donors (Lipinski definition) is 1. The molecule has 1 rings (SSSR count). The van der Waals surface area contributed by atoms with E-state index in [0.717, 1.165) is 38.8 Å². The van der Waals surface area contributed by atoms with Crippen molar-refractivity contribution in [2.45, 2.75) is 39.5 Å². The van der Waals surface area contributed by atoms with Crippen molar-refractivity contribution in [1.29, 1.82) is 0 Å². The topological polar surface area (TPSA) is 49.8 Å². The minimum atomic E-state index is -0.620. The molecule has 0 aromatic heterocycles. The lowest BCUT2D eigenvalue weighted by atomic mass is 9.70. The molecule has 1 aliphatic rings. The van der Waals surface area contributed by atoms with Crippen LogP contribution in [0, 0.1) is 11.3 Å². The predicted octanol–water partition coefficient (Wildman–Crippen LogP) is 2.24. The molecule has 1 aliphatic carbocycles. The number of aliphatic carboxylic acids is 1. The van der Waals surface area contributed by atoms with E-state index >= 15 is 0 Å². The van der Waals surface area contributed by atoms with Gasteiger partial charge in [0, 0.05) is 20.2 Å². The summed E-state index contributed by atoms with van der Waals surface area (Å²) in [6, 6.07) is 0. The van der Waals surface area contributed by atoms with E-state index < -0.39 is 11.4 Å². The summed E-state index contributed by atoms with van der Waals surface area (Å²) in [5.74, 6) is 0.0526. The molecule has 1 saturated carbocycles. The molecule has 0 aromatic carbocycles. The van der Waals surface area contributed by atoms with E-state index in [2.05, 4.69) is 18.7 Å². The first-order valence-corrected chi connectivity index (χ1v) is 6.98. The number of carboxylic acid groups (broad SMARTS) is 1. The highest BCUT2D eigenvalue weighted by Gasteiger charge is 2.42. The third-order valence-electron chi connectivity index (χ3n) is 4.27. The molecule has 0 amide bonds. The molecule has 0 atom stereocenters. The summed E-state index contributed by atoms with van der Waals surface area (Å²) in [6.07, 6.45) is 3.70. The number of carboxylic acids is 1. The molecule has 0 unspecified atom stereocenters. The second kappa shape index (κ2) is 7.10. The molecule has 0 radical (unpaired) electrons. The Morgan fingerprint density at radius 3 is 2.50 bits per heavy atom. The maximum atomic E-state index is 11.7. The molecule has 18 heavy (non-hydrogen) atoms. The van der Waals surface area contributed by atoms with Gasteiger partial charge in [-0.2, -0.15) is 0 Å². The number of ether oxygens (including phenoxy) is 1. The van der Waals surface area contributed by atoms with Crippen molar-refractivity contribution in [1.82, 2.24) is 4.90 Å². The van der Waals surface area contributed by atoms with Gasteiger partial charge in [0.05, 0.1) is 12.0 Å². The van der Waals surface area contributed by atoms with Gasteiger partial charge >= 0.3 is 5.97 Å². The zero-order valence-corrected chi connectivity index (χ0v) is 11.9. The lowest BCUT2D eigenvalue weighted by Crippen LogP contribution is -2.46. The standard InChI is InChI=1S/C14H27NO3/c1-4-15(9-10-18-3)11-14(13(16)17)7-5-12(2)6-8-14/h12H,4-11H2,1-3H3,(H,16,17). The minimum Gasteiger partial charge on any atom is -0.481 e. The normalized spacial score (nSPS) is 28.6. The summed E-state index contributed by atoms with van der Waals surface area (Å²) in [5, 5.41) is 9.59. The van der Waals surface area contributed by atoms with Crippen LogP contribution in [0.3, 0.4) is 0 Å². The van der Waals surface area contributed by atoms with Crippen molar-refractivity contribution >= 4 is 5.97 Å². The number of likely N-dealkylation sites (N-methyl/N-ethyl adjacent to an activating group) is 1. The molecule has 4 heteroatoms. The SMILES string of the molecule is CCN(CCOC)CC1(C(=O)O)CCC(C)CC1. The molecular weight excluding hydrogens is 230 g/mol. The van der Waals surface area contributed by atoms with E-state index in [1.54, 1.807) is 7.11 Å². The number of methoxy groups -OCH3 is 1. The average Bonchev–Trinajstić information content (AvgIpc) is 2.37. The van der Waals surface area contributed by atoms with Gasteiger partial charge in [-0.05, 0) is 38.1 Å². The van der Waals surface area contributed by atoms with E-state index in [4.69, 9.17) is 4.74 Å². The van der Waals surface area contributed by atoms with Gasteiger partial charge in [0.2, 0.25) is 0 Å². The van der Waals surface area contributed by atoms with Crippen LogP contribution in [0.5, 0.6) is 0 Å². The van der Waals surface area contributed by atoms with Gasteiger partial charge in [-0.3, -0.25) is 4.79 Å². The van der Waals surface area contributed by atoms with Crippen molar-refractivity contribution in [3.63, 3.8) is 0 Å². The molecular formula is C14H27NO3. The van der Waals surface area contributed by atoms with E-state index in [9.17, 15) is 9.90 Å². The van der Waals surface area contributed by atoms with Gasteiger partial charge in [-0.15, -0.1) is 0 Å². The first-order chi connectivity index (χ1) is 8.54. The second-order valence-electron chi connectivity index (χ2n) is 5.63. The fourth-order valence-corrected chi connectivity index (χ4v) is 2.75. The van der Waals surface area contributed by atoms with Gasteiger partial charge < -0.3 is 14.7 Å². The molecule has 0 spiro atoms. The van der Waals surface area contributed by atoms with Crippen LogP contribution in [0.1, 0.15) is 39.5 Å². The van der Waals surface area contributed by atoms with E-state index in [0.29, 0.717) is 19.1 Å². The van der Waals surface area contributed by atoms with Gasteiger partial charge in [0.25, 0.3) is 0 Å². The maximum absolute atomic E-state index is 11.7. The Bertz CT molecular complexity index is 260. The molecule has 4 nitrogen and oxygen atoms in total. The van der Waals surface area contributed by atoms with Gasteiger partial charge in [0.1, 0.15) is 0 Å². The fraction of sp³-hybridized carbons (Fsp3) is 0.929. The summed E-state index contributed by atoms with van der Waals surface area (Å²) in [5.41, 5.74) is -0.531. The monoisotopic (exact) mass is 257 g/mol. The minimum absolute atomic E-state index is 0.531. The Labute approximate surface area is 110 Å². The Morgan fingerprint density at radius 2 is 2.06 bits per heavy atom. The van der Waals surface area contributed by atoms with Crippen molar-refractivity contribution < 1.29 is 14.6 Å². The molecule has 0 bridgehead atoms. The van der Waals surface area contributed by atoms with Gasteiger partial charge in [-0.1, -0.05) is 13.8 Å². The average molecular weight is 257 g/mol. The summed E-state index contributed by atoms with van der Waals surface area (Å²) in [6.45, 7) is 7.32. The smallest absolute Gasteiger partial charge is 0.310 e. The van der Waals surface area contributed by atoms with Crippen LogP contribution in [0.4, 0.5) is 0 Å². The lowest BCUT2D eigenvalue weighted by Gasteiger charge is -2.39. The summed E-state index contributed by atoms with van der Waals surface area (Å²) < 4.78 is 5.08. The zero-order valence-electron chi connectivity index (χ0n) is 11.9. The van der Waals surface area contributed by atoms with Crippen LogP contribution in [0.2, 0.25) is 0 Å². The molecule has 0 saturated heterocycles. The van der Waals surface area contributed by atoms with Crippen LogP contribution in [-0.4, -0.2) is 49.3 Å². The number of nitrogens with zero attached hydrogens (tertiary/aromatic N) is 1. The quantitative estimate of drug-likeness (QED) is 0.760. The van der Waals surface area contributed by atoms with Gasteiger partial charge in [0.15, 0.2) is 0 Å². The number of carbonyl (C=O) groups is 1.